The third-order valence-corrected chi connectivity index (χ3v) is 11.3. The fourth-order valence-electron chi connectivity index (χ4n) is 7.72. The van der Waals surface area contributed by atoms with Crippen molar-refractivity contribution in [2.24, 2.45) is 0 Å². The minimum atomic E-state index is -2.14. The summed E-state index contributed by atoms with van der Waals surface area (Å²) >= 11 is 0. The Labute approximate surface area is 406 Å². The van der Waals surface area contributed by atoms with Gasteiger partial charge >= 0.3 is 35.8 Å². The number of benzene rings is 6. The lowest BCUT2D eigenvalue weighted by Crippen LogP contribution is -2.66. The molecule has 71 heavy (non-hydrogen) atoms. The first-order chi connectivity index (χ1) is 34.5. The summed E-state index contributed by atoms with van der Waals surface area (Å²) in [6.07, 6.45) is -18.5. The molecule has 364 valence electrons. The van der Waals surface area contributed by atoms with Crippen LogP contribution in [-0.4, -0.2) is 121 Å². The van der Waals surface area contributed by atoms with Crippen molar-refractivity contribution >= 4 is 35.8 Å². The van der Waals surface area contributed by atoms with Crippen LogP contribution in [0.15, 0.2) is 182 Å². The standard InChI is InChI=1S/C54H46O17/c55-41-44(69-51(60)37-27-15-5-16-28-37)42(67-49(58)35-23-11-3-12-24-35)40(32-64-48(57)34-21-9-2-10-22-34)66-54(41)71-46-45(70-52(61)38-29-17-6-18-30-38)43(68-50(59)36-25-13-4-14-26-36)39(65-53(46)62)31-63-47(56)33-19-7-1-8-20-33/h1-30,39-46,53-55,62H,31-32H2/t39-,40-,41+,42-,43-,44-,45+,46+,53+,54-/m1/s1. The minimum Gasteiger partial charge on any atom is -0.459 e. The van der Waals surface area contributed by atoms with Crippen molar-refractivity contribution in [3.05, 3.63) is 215 Å². The summed E-state index contributed by atoms with van der Waals surface area (Å²) in [5, 5.41) is 24.2. The van der Waals surface area contributed by atoms with Crippen LogP contribution >= 0.6 is 0 Å². The van der Waals surface area contributed by atoms with E-state index in [2.05, 4.69) is 0 Å². The molecule has 2 heterocycles. The second-order valence-electron chi connectivity index (χ2n) is 16.1. The van der Waals surface area contributed by atoms with E-state index in [-0.39, 0.29) is 33.4 Å². The van der Waals surface area contributed by atoms with Crippen molar-refractivity contribution in [3.8, 4) is 0 Å². The Morgan fingerprint density at radius 3 is 0.986 bits per heavy atom. The van der Waals surface area contributed by atoms with Gasteiger partial charge in [0.25, 0.3) is 0 Å². The molecule has 0 spiro atoms. The molecule has 2 aliphatic heterocycles. The molecule has 2 aliphatic rings. The Morgan fingerprint density at radius 2 is 0.634 bits per heavy atom. The van der Waals surface area contributed by atoms with Gasteiger partial charge in [0.1, 0.15) is 31.5 Å². The van der Waals surface area contributed by atoms with Gasteiger partial charge in [-0.05, 0) is 72.8 Å². The van der Waals surface area contributed by atoms with Crippen LogP contribution in [0.25, 0.3) is 0 Å². The third kappa shape index (κ3) is 12.4. The number of hydrogen-bond acceptors (Lipinski definition) is 17. The van der Waals surface area contributed by atoms with Gasteiger partial charge in [-0.3, -0.25) is 0 Å². The van der Waals surface area contributed by atoms with Crippen molar-refractivity contribution < 1.29 is 81.6 Å². The maximum absolute atomic E-state index is 14.0. The van der Waals surface area contributed by atoms with Crippen LogP contribution in [-0.2, 0) is 42.6 Å². The Balaban J connectivity index is 1.17. The number of carbonyl (C=O) groups excluding carboxylic acids is 6. The quantitative estimate of drug-likeness (QED) is 0.0864. The topological polar surface area (TPSA) is 226 Å². The van der Waals surface area contributed by atoms with E-state index in [1.54, 1.807) is 109 Å². The number of hydrogen-bond donors (Lipinski definition) is 2. The largest absolute Gasteiger partial charge is 0.459 e. The molecule has 2 fully saturated rings. The average molecular weight is 967 g/mol. The normalized spacial score (nSPS) is 23.7. The van der Waals surface area contributed by atoms with Gasteiger partial charge in [-0.15, -0.1) is 0 Å². The van der Waals surface area contributed by atoms with Gasteiger partial charge in [-0.2, -0.15) is 0 Å². The fourth-order valence-corrected chi connectivity index (χ4v) is 7.72. The molecule has 17 nitrogen and oxygen atoms in total. The molecule has 0 saturated carbocycles. The van der Waals surface area contributed by atoms with Crippen molar-refractivity contribution in [3.63, 3.8) is 0 Å². The lowest BCUT2D eigenvalue weighted by atomic mass is 9.96. The van der Waals surface area contributed by atoms with E-state index in [9.17, 15) is 39.0 Å². The third-order valence-electron chi connectivity index (χ3n) is 11.3. The number of aliphatic hydroxyl groups is 2. The Morgan fingerprint density at radius 1 is 0.352 bits per heavy atom. The number of carbonyl (C=O) groups is 6. The molecule has 6 aromatic rings. The summed E-state index contributed by atoms with van der Waals surface area (Å²) in [5.74, 6) is -5.47. The maximum Gasteiger partial charge on any atom is 0.338 e. The summed E-state index contributed by atoms with van der Waals surface area (Å²) in [5.41, 5.74) is 0.499. The van der Waals surface area contributed by atoms with E-state index in [1.165, 1.54) is 72.8 Å². The smallest absolute Gasteiger partial charge is 0.338 e. The molecule has 10 atom stereocenters. The van der Waals surface area contributed by atoms with E-state index in [4.69, 9.17) is 42.6 Å². The fraction of sp³-hybridized carbons (Fsp3) is 0.222. The van der Waals surface area contributed by atoms with Crippen molar-refractivity contribution in [1.29, 1.82) is 0 Å². The number of esters is 6. The SMILES string of the molecule is O=C(OC[C@H]1O[C@H](O)[C@@H](O[C@H]2O[C@H](COC(=O)c3ccccc3)[C@@H](OC(=O)c3ccccc3)[C@H](OC(=O)c3ccccc3)[C@@H]2O)[C@@H](OC(=O)c2ccccc2)[C@@H]1OC(=O)c1ccccc1)c1ccccc1. The van der Waals surface area contributed by atoms with Crippen LogP contribution in [0, 0.1) is 0 Å². The Bertz CT molecular complexity index is 2730. The highest BCUT2D eigenvalue weighted by Gasteiger charge is 2.56. The number of aliphatic hydroxyl groups excluding tert-OH is 2. The van der Waals surface area contributed by atoms with E-state index in [0.29, 0.717) is 0 Å². The van der Waals surface area contributed by atoms with Crippen molar-refractivity contribution in [1.82, 2.24) is 0 Å². The Hall–Kier alpha value is -8.06. The first-order valence-corrected chi connectivity index (χ1v) is 22.3. The van der Waals surface area contributed by atoms with Gasteiger partial charge in [0, 0.05) is 0 Å². The molecule has 0 bridgehead atoms. The first kappa shape index (κ1) is 49.4. The van der Waals surface area contributed by atoms with Crippen molar-refractivity contribution in [2.75, 3.05) is 13.2 Å². The molecule has 6 aromatic carbocycles. The highest BCUT2D eigenvalue weighted by atomic mass is 16.8. The second kappa shape index (κ2) is 23.5. The van der Waals surface area contributed by atoms with Gasteiger partial charge in [-0.1, -0.05) is 109 Å². The number of rotatable bonds is 16. The number of ether oxygens (including phenoxy) is 9. The van der Waals surface area contributed by atoms with Crippen LogP contribution in [0.4, 0.5) is 0 Å². The van der Waals surface area contributed by atoms with Crippen LogP contribution in [0.5, 0.6) is 0 Å². The summed E-state index contributed by atoms with van der Waals surface area (Å²) in [6.45, 7) is -1.36. The van der Waals surface area contributed by atoms with Crippen LogP contribution in [0.2, 0.25) is 0 Å². The minimum absolute atomic E-state index is 0.0256. The van der Waals surface area contributed by atoms with Crippen molar-refractivity contribution in [2.45, 2.75) is 61.4 Å². The Kier molecular flexibility index (Phi) is 16.3. The van der Waals surface area contributed by atoms with E-state index in [1.807, 2.05) is 0 Å². The van der Waals surface area contributed by atoms with Gasteiger partial charge in [-0.25, -0.2) is 28.8 Å². The molecule has 0 aromatic heterocycles. The molecule has 2 saturated heterocycles. The monoisotopic (exact) mass is 966 g/mol. The van der Waals surface area contributed by atoms with Gasteiger partial charge in [0.05, 0.1) is 33.4 Å². The predicted octanol–water partition coefficient (Wildman–Crippen LogP) is 5.79. The van der Waals surface area contributed by atoms with Gasteiger partial charge < -0.3 is 52.8 Å². The van der Waals surface area contributed by atoms with Crippen LogP contribution < -0.4 is 0 Å². The van der Waals surface area contributed by atoms with Gasteiger partial charge in [0.2, 0.25) is 0 Å². The maximum atomic E-state index is 14.0. The molecular weight excluding hydrogens is 921 g/mol. The molecule has 0 amide bonds. The van der Waals surface area contributed by atoms with Gasteiger partial charge in [0.15, 0.2) is 43.1 Å². The molecule has 0 radical (unpaired) electrons. The molecule has 0 unspecified atom stereocenters. The average Bonchev–Trinajstić information content (AvgIpc) is 3.42. The lowest BCUT2D eigenvalue weighted by Gasteiger charge is -2.47. The highest BCUT2D eigenvalue weighted by molar-refractivity contribution is 5.92. The van der Waals surface area contributed by atoms with E-state index >= 15 is 0 Å². The van der Waals surface area contributed by atoms with E-state index in [0.717, 1.165) is 0 Å². The summed E-state index contributed by atoms with van der Waals surface area (Å²) in [6, 6.07) is 46.7. The summed E-state index contributed by atoms with van der Waals surface area (Å²) < 4.78 is 53.8. The predicted molar refractivity (Wildman–Crippen MR) is 246 cm³/mol. The highest BCUT2D eigenvalue weighted by Crippen LogP contribution is 2.35. The first-order valence-electron chi connectivity index (χ1n) is 22.3. The molecule has 0 aliphatic carbocycles. The zero-order valence-electron chi connectivity index (χ0n) is 37.5. The van der Waals surface area contributed by atoms with Crippen LogP contribution in [0.3, 0.4) is 0 Å². The van der Waals surface area contributed by atoms with Crippen LogP contribution in [0.1, 0.15) is 62.1 Å². The zero-order valence-corrected chi connectivity index (χ0v) is 37.5. The summed E-state index contributed by atoms with van der Waals surface area (Å²) in [7, 11) is 0. The molecule has 2 N–H and O–H groups in total. The molecule has 8 rings (SSSR count). The molecular formula is C54H46O17. The van der Waals surface area contributed by atoms with E-state index < -0.39 is 110 Å². The second-order valence-corrected chi connectivity index (χ2v) is 16.1. The lowest BCUT2D eigenvalue weighted by molar-refractivity contribution is -0.359. The zero-order chi connectivity index (χ0) is 49.7. The molecule has 17 heteroatoms. The summed E-state index contributed by atoms with van der Waals surface area (Å²) in [4.78, 5) is 82.0.